The number of allylic oxidation sites excluding steroid dienone is 2. The SMILES string of the molecule is C=C(CC(=O)OC(=O)/C=C/C)C(=O)OC(=O)/C=C/C. The number of hydrogen-bond donors (Lipinski definition) is 0. The molecule has 19 heavy (non-hydrogen) atoms. The van der Waals surface area contributed by atoms with Gasteiger partial charge in [0.05, 0.1) is 6.42 Å². The van der Waals surface area contributed by atoms with Crippen molar-refractivity contribution in [3.8, 4) is 0 Å². The monoisotopic (exact) mass is 266 g/mol. The summed E-state index contributed by atoms with van der Waals surface area (Å²) in [5, 5.41) is 0. The van der Waals surface area contributed by atoms with Crippen molar-refractivity contribution in [2.45, 2.75) is 20.3 Å². The molecular formula is C13H14O6. The van der Waals surface area contributed by atoms with Crippen molar-refractivity contribution in [1.29, 1.82) is 0 Å². The highest BCUT2D eigenvalue weighted by Crippen LogP contribution is 2.04. The number of ether oxygens (including phenoxy) is 2. The smallest absolute Gasteiger partial charge is 0.341 e. The third-order valence-electron chi connectivity index (χ3n) is 1.66. The van der Waals surface area contributed by atoms with Crippen molar-refractivity contribution in [2.24, 2.45) is 0 Å². The Kier molecular flexibility index (Phi) is 7.44. The van der Waals surface area contributed by atoms with Gasteiger partial charge in [0.25, 0.3) is 0 Å². The maximum absolute atomic E-state index is 11.3. The number of hydrogen-bond acceptors (Lipinski definition) is 6. The number of esters is 4. The fourth-order valence-electron chi connectivity index (χ4n) is 0.898. The van der Waals surface area contributed by atoms with Crippen molar-refractivity contribution in [2.75, 3.05) is 0 Å². The summed E-state index contributed by atoms with van der Waals surface area (Å²) >= 11 is 0. The van der Waals surface area contributed by atoms with E-state index in [0.29, 0.717) is 0 Å². The molecule has 0 radical (unpaired) electrons. The van der Waals surface area contributed by atoms with Gasteiger partial charge in [-0.1, -0.05) is 18.7 Å². The van der Waals surface area contributed by atoms with E-state index < -0.39 is 30.3 Å². The fraction of sp³-hybridized carbons (Fsp3) is 0.231. The van der Waals surface area contributed by atoms with Gasteiger partial charge < -0.3 is 9.47 Å². The number of rotatable bonds is 5. The first-order valence-electron chi connectivity index (χ1n) is 5.34. The summed E-state index contributed by atoms with van der Waals surface area (Å²) in [5.74, 6) is -3.72. The molecule has 0 fully saturated rings. The number of carbonyl (C=O) groups is 4. The molecule has 0 rings (SSSR count). The average molecular weight is 266 g/mol. The lowest BCUT2D eigenvalue weighted by molar-refractivity contribution is -0.159. The highest BCUT2D eigenvalue weighted by Gasteiger charge is 2.17. The molecule has 0 saturated heterocycles. The van der Waals surface area contributed by atoms with E-state index in [0.717, 1.165) is 12.2 Å². The van der Waals surface area contributed by atoms with Crippen LogP contribution < -0.4 is 0 Å². The van der Waals surface area contributed by atoms with Gasteiger partial charge in [0, 0.05) is 17.7 Å². The second kappa shape index (κ2) is 8.57. The molecule has 6 heteroatoms. The molecular weight excluding hydrogens is 252 g/mol. The molecule has 0 aliphatic heterocycles. The summed E-state index contributed by atoms with van der Waals surface area (Å²) in [4.78, 5) is 44.4. The summed E-state index contributed by atoms with van der Waals surface area (Å²) in [7, 11) is 0. The van der Waals surface area contributed by atoms with Gasteiger partial charge >= 0.3 is 23.9 Å². The predicted octanol–water partition coefficient (Wildman–Crippen LogP) is 1.22. The Morgan fingerprint density at radius 3 is 1.89 bits per heavy atom. The Labute approximate surface area is 110 Å². The highest BCUT2D eigenvalue weighted by atomic mass is 16.6. The van der Waals surface area contributed by atoms with Crippen LogP contribution in [0.2, 0.25) is 0 Å². The molecule has 102 valence electrons. The summed E-state index contributed by atoms with van der Waals surface area (Å²) < 4.78 is 8.67. The lowest BCUT2D eigenvalue weighted by Crippen LogP contribution is -2.17. The minimum Gasteiger partial charge on any atom is -0.390 e. The molecule has 0 aromatic carbocycles. The van der Waals surface area contributed by atoms with Crippen LogP contribution in [0.4, 0.5) is 0 Å². The maximum atomic E-state index is 11.3. The third kappa shape index (κ3) is 7.43. The Hall–Kier alpha value is -2.50. The number of carbonyl (C=O) groups excluding carboxylic acids is 4. The van der Waals surface area contributed by atoms with Crippen LogP contribution in [0, 0.1) is 0 Å². The first kappa shape index (κ1) is 16.5. The zero-order chi connectivity index (χ0) is 14.8. The molecule has 0 spiro atoms. The Balaban J connectivity index is 4.30. The van der Waals surface area contributed by atoms with Gasteiger partial charge in [-0.3, -0.25) is 4.79 Å². The average Bonchev–Trinajstić information content (AvgIpc) is 2.28. The molecule has 6 nitrogen and oxygen atoms in total. The molecule has 0 aromatic heterocycles. The first-order valence-corrected chi connectivity index (χ1v) is 5.34. The molecule has 0 aliphatic carbocycles. The minimum atomic E-state index is -1.04. The van der Waals surface area contributed by atoms with Crippen LogP contribution in [0.3, 0.4) is 0 Å². The van der Waals surface area contributed by atoms with Crippen LogP contribution >= 0.6 is 0 Å². The van der Waals surface area contributed by atoms with Gasteiger partial charge in [-0.05, 0) is 13.8 Å². The zero-order valence-electron chi connectivity index (χ0n) is 10.7. The van der Waals surface area contributed by atoms with Crippen LogP contribution in [0.15, 0.2) is 36.5 Å². The predicted molar refractivity (Wildman–Crippen MR) is 65.6 cm³/mol. The molecule has 0 bridgehead atoms. The van der Waals surface area contributed by atoms with E-state index in [1.165, 1.54) is 12.2 Å². The van der Waals surface area contributed by atoms with Gasteiger partial charge in [-0.25, -0.2) is 14.4 Å². The van der Waals surface area contributed by atoms with E-state index in [1.807, 2.05) is 0 Å². The molecule has 0 saturated carbocycles. The summed E-state index contributed by atoms with van der Waals surface area (Å²) in [6, 6.07) is 0. The van der Waals surface area contributed by atoms with Crippen molar-refractivity contribution >= 4 is 23.9 Å². The Morgan fingerprint density at radius 1 is 0.947 bits per heavy atom. The molecule has 0 unspecified atom stereocenters. The van der Waals surface area contributed by atoms with Gasteiger partial charge in [-0.2, -0.15) is 0 Å². The normalized spacial score (nSPS) is 10.4. The van der Waals surface area contributed by atoms with Crippen LogP contribution in [0.5, 0.6) is 0 Å². The van der Waals surface area contributed by atoms with Crippen molar-refractivity contribution in [3.05, 3.63) is 36.5 Å². The standard InChI is InChI=1S/C13H14O6/c1-4-6-10(14)18-12(16)8-9(3)13(17)19-11(15)7-5-2/h4-7H,3,8H2,1-2H3/b6-4+,7-5+. The molecule has 0 aromatic rings. The van der Waals surface area contributed by atoms with E-state index in [-0.39, 0.29) is 5.57 Å². The van der Waals surface area contributed by atoms with Crippen LogP contribution in [0.25, 0.3) is 0 Å². The lowest BCUT2D eigenvalue weighted by Gasteiger charge is -2.03. The van der Waals surface area contributed by atoms with E-state index in [4.69, 9.17) is 0 Å². The molecule has 0 heterocycles. The van der Waals surface area contributed by atoms with E-state index in [1.54, 1.807) is 13.8 Å². The van der Waals surface area contributed by atoms with Crippen LogP contribution in [-0.2, 0) is 28.7 Å². The van der Waals surface area contributed by atoms with Gasteiger partial charge in [0.15, 0.2) is 0 Å². The second-order valence-corrected chi connectivity index (χ2v) is 3.28. The summed E-state index contributed by atoms with van der Waals surface area (Å²) in [6.07, 6.45) is 4.34. The van der Waals surface area contributed by atoms with E-state index >= 15 is 0 Å². The Bertz CT molecular complexity index is 456. The van der Waals surface area contributed by atoms with Crippen molar-refractivity contribution in [1.82, 2.24) is 0 Å². The first-order chi connectivity index (χ1) is 8.90. The second-order valence-electron chi connectivity index (χ2n) is 3.28. The minimum absolute atomic E-state index is 0.281. The largest absolute Gasteiger partial charge is 0.390 e. The van der Waals surface area contributed by atoms with Crippen LogP contribution in [-0.4, -0.2) is 23.9 Å². The maximum Gasteiger partial charge on any atom is 0.341 e. The summed E-state index contributed by atoms with van der Waals surface area (Å²) in [6.45, 7) is 6.43. The van der Waals surface area contributed by atoms with Crippen LogP contribution in [0.1, 0.15) is 20.3 Å². The van der Waals surface area contributed by atoms with Gasteiger partial charge in [0.2, 0.25) is 0 Å². The van der Waals surface area contributed by atoms with E-state index in [9.17, 15) is 19.2 Å². The van der Waals surface area contributed by atoms with Gasteiger partial charge in [-0.15, -0.1) is 0 Å². The zero-order valence-corrected chi connectivity index (χ0v) is 10.7. The summed E-state index contributed by atoms with van der Waals surface area (Å²) in [5.41, 5.74) is -0.281. The molecule has 0 amide bonds. The van der Waals surface area contributed by atoms with Crippen molar-refractivity contribution < 1.29 is 28.7 Å². The fourth-order valence-corrected chi connectivity index (χ4v) is 0.898. The quantitative estimate of drug-likeness (QED) is 0.422. The molecule has 0 atom stereocenters. The van der Waals surface area contributed by atoms with E-state index in [2.05, 4.69) is 16.1 Å². The molecule has 0 N–H and O–H groups in total. The lowest BCUT2D eigenvalue weighted by atomic mass is 10.2. The topological polar surface area (TPSA) is 86.7 Å². The van der Waals surface area contributed by atoms with Crippen molar-refractivity contribution in [3.63, 3.8) is 0 Å². The van der Waals surface area contributed by atoms with Gasteiger partial charge in [0.1, 0.15) is 0 Å². The third-order valence-corrected chi connectivity index (χ3v) is 1.66. The highest BCUT2D eigenvalue weighted by molar-refractivity contribution is 6.02. The Morgan fingerprint density at radius 2 is 1.42 bits per heavy atom. The molecule has 0 aliphatic rings.